The minimum absolute atomic E-state index is 0.00840. The highest BCUT2D eigenvalue weighted by atomic mass is 16.4. The third kappa shape index (κ3) is 4.17. The lowest BCUT2D eigenvalue weighted by molar-refractivity contribution is -0.206. The van der Waals surface area contributed by atoms with Crippen LogP contribution < -0.4 is 0 Å². The standard InChI is InChI=1S/C31H43NO5.C11H13NO3/c1-15(2)19-14-31-9-6-20-29(3,7-5-8-30(20,4)28(36)37)21(31)13-16(19)22-17-12-18(25(22)31)24-23(17)26(34)32(10-11-33)27(24)35;13-4-3-12-10(14)8-6-1-2-7(5-6)9(8)11(12)15/h14-18,20-25,33H,5-13H2,1-4H3,(H,36,37);1-2,6-9,13H,3-5H2. The van der Waals surface area contributed by atoms with Gasteiger partial charge >= 0.3 is 5.97 Å². The number of imide groups is 2. The number of carboxylic acid groups (broad SMARTS) is 1. The molecule has 6 saturated carbocycles. The molecule has 2 aliphatic heterocycles. The summed E-state index contributed by atoms with van der Waals surface area (Å²) in [6, 6.07) is 0. The first-order chi connectivity index (χ1) is 24.7. The molecule has 3 N–H and O–H groups in total. The molecular weight excluding hydrogens is 660 g/mol. The van der Waals surface area contributed by atoms with Gasteiger partial charge in [0.15, 0.2) is 0 Å². The van der Waals surface area contributed by atoms with Gasteiger partial charge in [-0.3, -0.25) is 33.8 Å². The van der Waals surface area contributed by atoms with E-state index in [1.165, 1.54) is 9.80 Å². The van der Waals surface area contributed by atoms with E-state index < -0.39 is 11.4 Å². The molecule has 2 saturated heterocycles. The minimum Gasteiger partial charge on any atom is -0.481 e. The second kappa shape index (κ2) is 11.6. The molecule has 11 rings (SSSR count). The highest BCUT2D eigenvalue weighted by Gasteiger charge is 2.77. The average Bonchev–Trinajstić information content (AvgIpc) is 3.97. The number of rotatable bonds is 6. The van der Waals surface area contributed by atoms with Crippen LogP contribution in [0.5, 0.6) is 0 Å². The summed E-state index contributed by atoms with van der Waals surface area (Å²) < 4.78 is 0. The Balaban J connectivity index is 0.000000200. The number of nitrogens with zero attached hydrogens (tertiary/aromatic N) is 2. The predicted octanol–water partition coefficient (Wildman–Crippen LogP) is 4.16. The molecule has 16 atom stereocenters. The van der Waals surface area contributed by atoms with E-state index in [9.17, 15) is 34.2 Å². The van der Waals surface area contributed by atoms with Crippen LogP contribution >= 0.6 is 0 Å². The second-order valence-electron chi connectivity index (χ2n) is 19.3. The number of β-amino-alcohol motifs (C(OH)–C–C–N with tert-alkyl or cyclic N) is 2. The molecule has 0 aromatic carbocycles. The van der Waals surface area contributed by atoms with Gasteiger partial charge in [0.1, 0.15) is 0 Å². The Morgan fingerprint density at radius 1 is 0.788 bits per heavy atom. The Kier molecular flexibility index (Phi) is 7.77. The normalized spacial score (nSPS) is 49.9. The zero-order valence-corrected chi connectivity index (χ0v) is 31.1. The van der Waals surface area contributed by atoms with Gasteiger partial charge in [0.05, 0.1) is 55.4 Å². The number of aliphatic hydroxyl groups excluding tert-OH is 2. The Labute approximate surface area is 306 Å². The number of allylic oxidation sites excluding steroid dienone is 4. The van der Waals surface area contributed by atoms with Gasteiger partial charge in [-0.05, 0) is 122 Å². The summed E-state index contributed by atoms with van der Waals surface area (Å²) in [5.74, 6) is 1.98. The number of likely N-dealkylation sites (tertiary alicyclic amines) is 2. The van der Waals surface area contributed by atoms with Crippen LogP contribution in [0.2, 0.25) is 0 Å². The van der Waals surface area contributed by atoms with E-state index >= 15 is 0 Å². The van der Waals surface area contributed by atoms with Crippen molar-refractivity contribution in [2.45, 2.75) is 79.1 Å². The molecular formula is C42H56N2O8. The maximum atomic E-state index is 13.6. The fourth-order valence-electron chi connectivity index (χ4n) is 15.9. The van der Waals surface area contributed by atoms with Crippen molar-refractivity contribution >= 4 is 29.6 Å². The van der Waals surface area contributed by atoms with Gasteiger partial charge in [-0.15, -0.1) is 0 Å². The lowest BCUT2D eigenvalue weighted by Gasteiger charge is -2.71. The van der Waals surface area contributed by atoms with Gasteiger partial charge in [0.2, 0.25) is 23.6 Å². The number of carboxylic acids is 1. The molecule has 6 bridgehead atoms. The van der Waals surface area contributed by atoms with Crippen molar-refractivity contribution in [3.8, 4) is 0 Å². The number of hydrogen-bond donors (Lipinski definition) is 3. The van der Waals surface area contributed by atoms with Crippen molar-refractivity contribution in [1.29, 1.82) is 0 Å². The highest BCUT2D eigenvalue weighted by molar-refractivity contribution is 6.07. The van der Waals surface area contributed by atoms with Crippen molar-refractivity contribution < 1.29 is 39.3 Å². The topological polar surface area (TPSA) is 153 Å². The lowest BCUT2D eigenvalue weighted by Crippen LogP contribution is -2.66. The van der Waals surface area contributed by atoms with Crippen LogP contribution in [0.15, 0.2) is 23.8 Å². The van der Waals surface area contributed by atoms with E-state index in [0.717, 1.165) is 51.4 Å². The van der Waals surface area contributed by atoms with Crippen LogP contribution in [0.25, 0.3) is 0 Å². The zero-order valence-electron chi connectivity index (χ0n) is 31.1. The van der Waals surface area contributed by atoms with Crippen LogP contribution in [0, 0.1) is 99.1 Å². The number of amides is 4. The molecule has 11 aliphatic rings. The molecule has 0 aromatic rings. The largest absolute Gasteiger partial charge is 0.481 e. The third-order valence-corrected chi connectivity index (χ3v) is 17.4. The van der Waals surface area contributed by atoms with Crippen LogP contribution in [0.1, 0.15) is 79.1 Å². The van der Waals surface area contributed by atoms with Crippen molar-refractivity contribution in [1.82, 2.24) is 9.80 Å². The van der Waals surface area contributed by atoms with Gasteiger partial charge in [0, 0.05) is 0 Å². The molecule has 1 spiro atoms. The molecule has 4 amide bonds. The molecule has 52 heavy (non-hydrogen) atoms. The van der Waals surface area contributed by atoms with Gasteiger partial charge in [-0.1, -0.05) is 51.0 Å². The summed E-state index contributed by atoms with van der Waals surface area (Å²) >= 11 is 0. The number of aliphatic carboxylic acids is 1. The van der Waals surface area contributed by atoms with Crippen LogP contribution in [0.3, 0.4) is 0 Å². The van der Waals surface area contributed by atoms with E-state index in [4.69, 9.17) is 5.11 Å². The number of aliphatic hydroxyl groups is 2. The Morgan fingerprint density at radius 2 is 1.37 bits per heavy atom. The summed E-state index contributed by atoms with van der Waals surface area (Å²) in [5.41, 5.74) is 0.919. The van der Waals surface area contributed by atoms with Gasteiger partial charge in [-0.25, -0.2) is 0 Å². The van der Waals surface area contributed by atoms with Gasteiger partial charge in [0.25, 0.3) is 0 Å². The number of carbonyl (C=O) groups is 5. The Hall–Kier alpha value is -2.85. The predicted molar refractivity (Wildman–Crippen MR) is 188 cm³/mol. The van der Waals surface area contributed by atoms with Crippen LogP contribution in [0.4, 0.5) is 0 Å². The summed E-state index contributed by atoms with van der Waals surface area (Å²) in [4.78, 5) is 66.1. The molecule has 282 valence electrons. The van der Waals surface area contributed by atoms with Crippen LogP contribution in [-0.2, 0) is 24.0 Å². The molecule has 16 unspecified atom stereocenters. The molecule has 2 heterocycles. The first-order valence-electron chi connectivity index (χ1n) is 20.3. The van der Waals surface area contributed by atoms with E-state index in [1.54, 1.807) is 5.57 Å². The summed E-state index contributed by atoms with van der Waals surface area (Å²) in [5, 5.41) is 28.7. The molecule has 8 fully saturated rings. The first-order valence-corrected chi connectivity index (χ1v) is 20.3. The maximum absolute atomic E-state index is 13.6. The van der Waals surface area contributed by atoms with E-state index in [1.807, 2.05) is 6.92 Å². The quantitative estimate of drug-likeness (QED) is 0.274. The average molecular weight is 717 g/mol. The monoisotopic (exact) mass is 716 g/mol. The lowest BCUT2D eigenvalue weighted by atomic mass is 9.33. The van der Waals surface area contributed by atoms with E-state index in [-0.39, 0.29) is 114 Å². The summed E-state index contributed by atoms with van der Waals surface area (Å²) in [6.07, 6.45) is 14.7. The fraction of sp³-hybridized carbons (Fsp3) is 0.786. The molecule has 9 aliphatic carbocycles. The zero-order chi connectivity index (χ0) is 36.8. The first kappa shape index (κ1) is 34.9. The van der Waals surface area contributed by atoms with Gasteiger partial charge in [-0.2, -0.15) is 0 Å². The van der Waals surface area contributed by atoms with Crippen molar-refractivity contribution in [2.24, 2.45) is 99.1 Å². The Morgan fingerprint density at radius 3 is 1.92 bits per heavy atom. The maximum Gasteiger partial charge on any atom is 0.309 e. The SMILES string of the molecule is CC(C)C1=CC23CCC4C(C)(C(=O)O)CCCC4(C)C2CC1C1C2CC(C4C(=O)N(CCO)C(=O)C24)C13.O=C1C2C3C=CC(C3)C2C(=O)N1CCO. The number of hydrogen-bond acceptors (Lipinski definition) is 7. The molecule has 10 nitrogen and oxygen atoms in total. The summed E-state index contributed by atoms with van der Waals surface area (Å²) in [6.45, 7) is 9.02. The molecule has 0 radical (unpaired) electrons. The van der Waals surface area contributed by atoms with Crippen molar-refractivity contribution in [2.75, 3.05) is 26.3 Å². The van der Waals surface area contributed by atoms with Crippen LogP contribution in [-0.4, -0.2) is 81.0 Å². The van der Waals surface area contributed by atoms with Gasteiger partial charge < -0.3 is 15.3 Å². The number of carbonyl (C=O) groups excluding carboxylic acids is 4. The third-order valence-electron chi connectivity index (χ3n) is 17.4. The minimum atomic E-state index is -0.659. The summed E-state index contributed by atoms with van der Waals surface area (Å²) in [7, 11) is 0. The number of fused-ring (bicyclic) bond motifs is 11. The van der Waals surface area contributed by atoms with Crippen molar-refractivity contribution in [3.63, 3.8) is 0 Å². The smallest absolute Gasteiger partial charge is 0.309 e. The molecule has 0 aromatic heterocycles. The van der Waals surface area contributed by atoms with E-state index in [0.29, 0.717) is 29.6 Å². The van der Waals surface area contributed by atoms with Crippen molar-refractivity contribution in [3.05, 3.63) is 23.8 Å². The van der Waals surface area contributed by atoms with E-state index in [2.05, 4.69) is 39.0 Å². The second-order valence-corrected chi connectivity index (χ2v) is 19.3. The Bertz CT molecular complexity index is 1660. The fourth-order valence-corrected chi connectivity index (χ4v) is 15.9. The molecule has 10 heteroatoms. The highest BCUT2D eigenvalue weighted by Crippen LogP contribution is 2.80.